The fourth-order valence-electron chi connectivity index (χ4n) is 2.33. The number of rotatable bonds is 2. The van der Waals surface area contributed by atoms with E-state index < -0.39 is 29.4 Å². The van der Waals surface area contributed by atoms with E-state index in [1.165, 1.54) is 12.1 Å². The summed E-state index contributed by atoms with van der Waals surface area (Å²) < 4.78 is 19.2. The molecular weight excluding hydrogens is 289 g/mol. The molecule has 0 spiro atoms. The number of benzene rings is 1. The van der Waals surface area contributed by atoms with Crippen LogP contribution in [0.25, 0.3) is 11.1 Å². The van der Waals surface area contributed by atoms with Gasteiger partial charge in [0.2, 0.25) is 5.76 Å². The predicted octanol–water partition coefficient (Wildman–Crippen LogP) is 3.12. The molecule has 1 aromatic carbocycles. The van der Waals surface area contributed by atoms with Crippen molar-refractivity contribution in [1.82, 2.24) is 4.98 Å². The average Bonchev–Trinajstić information content (AvgIpc) is 2.76. The average molecular weight is 301 g/mol. The van der Waals surface area contributed by atoms with Crippen LogP contribution in [0.4, 0.5) is 4.39 Å². The van der Waals surface area contributed by atoms with Crippen LogP contribution in [0.2, 0.25) is 0 Å². The third-order valence-corrected chi connectivity index (χ3v) is 3.53. The van der Waals surface area contributed by atoms with Crippen molar-refractivity contribution in [1.29, 1.82) is 0 Å². The summed E-state index contributed by atoms with van der Waals surface area (Å²) in [6, 6.07) is 5.98. The highest BCUT2D eigenvalue weighted by molar-refractivity contribution is 5.89. The van der Waals surface area contributed by atoms with Crippen LogP contribution in [0.3, 0.4) is 0 Å². The maximum Gasteiger partial charge on any atom is 0.378 e. The molecule has 6 heteroatoms. The molecule has 0 saturated carbocycles. The monoisotopic (exact) mass is 301 g/mol. The van der Waals surface area contributed by atoms with Crippen molar-refractivity contribution in [3.8, 4) is 11.1 Å². The number of esters is 1. The Labute approximate surface area is 125 Å². The molecule has 2 N–H and O–H groups in total. The summed E-state index contributed by atoms with van der Waals surface area (Å²) in [6.07, 6.45) is 1.99. The van der Waals surface area contributed by atoms with Gasteiger partial charge in [-0.05, 0) is 24.6 Å². The molecule has 1 aliphatic rings. The first-order chi connectivity index (χ1) is 10.5. The summed E-state index contributed by atoms with van der Waals surface area (Å²) in [7, 11) is 0. The van der Waals surface area contributed by atoms with Gasteiger partial charge in [0.25, 0.3) is 0 Å². The van der Waals surface area contributed by atoms with Crippen LogP contribution < -0.4 is 0 Å². The van der Waals surface area contributed by atoms with Crippen molar-refractivity contribution in [3.63, 3.8) is 0 Å². The summed E-state index contributed by atoms with van der Waals surface area (Å²) >= 11 is 0. The molecule has 0 radical (unpaired) electrons. The Balaban J connectivity index is 2.01. The number of pyridine rings is 1. The summed E-state index contributed by atoms with van der Waals surface area (Å²) in [4.78, 5) is 15.2. The lowest BCUT2D eigenvalue weighted by Gasteiger charge is -2.12. The molecule has 1 aliphatic heterocycles. The van der Waals surface area contributed by atoms with Gasteiger partial charge in [0.05, 0.1) is 0 Å². The fraction of sp³-hybridized carbons (Fsp3) is 0.125. The number of aliphatic hydroxyl groups is 2. The maximum atomic E-state index is 14.4. The highest BCUT2D eigenvalue weighted by Gasteiger charge is 2.35. The van der Waals surface area contributed by atoms with Crippen molar-refractivity contribution < 1.29 is 24.1 Å². The first-order valence-corrected chi connectivity index (χ1v) is 6.52. The zero-order valence-corrected chi connectivity index (χ0v) is 11.6. The zero-order chi connectivity index (χ0) is 15.9. The molecule has 2 heterocycles. The topological polar surface area (TPSA) is 79.7 Å². The van der Waals surface area contributed by atoms with Crippen LogP contribution >= 0.6 is 0 Å². The van der Waals surface area contributed by atoms with E-state index in [1.807, 2.05) is 6.92 Å². The van der Waals surface area contributed by atoms with Gasteiger partial charge in [-0.2, -0.15) is 0 Å². The second kappa shape index (κ2) is 5.14. The Morgan fingerprint density at radius 1 is 1.23 bits per heavy atom. The van der Waals surface area contributed by atoms with Gasteiger partial charge in [0, 0.05) is 29.1 Å². The van der Waals surface area contributed by atoms with Crippen molar-refractivity contribution >= 4 is 5.97 Å². The van der Waals surface area contributed by atoms with Gasteiger partial charge >= 0.3 is 5.97 Å². The number of aliphatic hydroxyl groups excluding tert-OH is 2. The van der Waals surface area contributed by atoms with E-state index in [9.17, 15) is 19.4 Å². The Kier molecular flexibility index (Phi) is 3.29. The molecular formula is C16H12FNO4. The van der Waals surface area contributed by atoms with E-state index in [0.29, 0.717) is 11.1 Å². The van der Waals surface area contributed by atoms with Gasteiger partial charge < -0.3 is 14.9 Å². The van der Waals surface area contributed by atoms with Gasteiger partial charge in [-0.15, -0.1) is 0 Å². The van der Waals surface area contributed by atoms with Crippen molar-refractivity contribution in [2.24, 2.45) is 0 Å². The minimum absolute atomic E-state index is 0.234. The number of aromatic nitrogens is 1. The van der Waals surface area contributed by atoms with E-state index in [0.717, 1.165) is 11.6 Å². The Hall–Kier alpha value is -2.89. The van der Waals surface area contributed by atoms with Gasteiger partial charge in [-0.3, -0.25) is 4.98 Å². The second-order valence-corrected chi connectivity index (χ2v) is 4.95. The Bertz CT molecular complexity index is 800. The van der Waals surface area contributed by atoms with Gasteiger partial charge in [0.1, 0.15) is 5.82 Å². The highest BCUT2D eigenvalue weighted by atomic mass is 19.1. The molecule has 5 nitrogen and oxygen atoms in total. The van der Waals surface area contributed by atoms with E-state index in [1.54, 1.807) is 18.5 Å². The molecule has 0 amide bonds. The second-order valence-electron chi connectivity index (χ2n) is 4.95. The minimum Gasteiger partial charge on any atom is -0.505 e. The first-order valence-electron chi connectivity index (χ1n) is 6.52. The molecule has 0 saturated heterocycles. The summed E-state index contributed by atoms with van der Waals surface area (Å²) in [6.45, 7) is 1.84. The summed E-state index contributed by atoms with van der Waals surface area (Å²) in [5, 5.41) is 18.9. The van der Waals surface area contributed by atoms with Crippen LogP contribution in [-0.4, -0.2) is 21.2 Å². The van der Waals surface area contributed by atoms with Gasteiger partial charge in [-0.25, -0.2) is 9.18 Å². The number of carbonyl (C=O) groups excluding carboxylic acids is 1. The van der Waals surface area contributed by atoms with E-state index in [4.69, 9.17) is 4.74 Å². The molecule has 1 atom stereocenters. The molecule has 1 unspecified atom stereocenters. The maximum absolute atomic E-state index is 14.4. The third kappa shape index (κ3) is 2.18. The molecule has 0 fully saturated rings. The van der Waals surface area contributed by atoms with Crippen molar-refractivity contribution in [2.45, 2.75) is 13.0 Å². The van der Waals surface area contributed by atoms with Crippen LogP contribution in [-0.2, 0) is 9.53 Å². The standard InChI is InChI=1S/C16H12FNO4/c1-8-4-5-18-7-11(8)10-3-2-9(6-12(10)17)15-13(19)14(20)16(21)22-15/h2-7,15,19-20H,1H3. The van der Waals surface area contributed by atoms with E-state index in [-0.39, 0.29) is 5.56 Å². The number of nitrogens with zero attached hydrogens (tertiary/aromatic N) is 1. The van der Waals surface area contributed by atoms with Crippen LogP contribution in [0.15, 0.2) is 48.2 Å². The van der Waals surface area contributed by atoms with Crippen molar-refractivity contribution in [3.05, 3.63) is 65.1 Å². The molecule has 22 heavy (non-hydrogen) atoms. The first kappa shape index (κ1) is 14.1. The molecule has 1 aromatic heterocycles. The Morgan fingerprint density at radius 2 is 2.00 bits per heavy atom. The molecule has 112 valence electrons. The van der Waals surface area contributed by atoms with Gasteiger partial charge in [0.15, 0.2) is 11.9 Å². The SMILES string of the molecule is Cc1ccncc1-c1ccc(C2OC(=O)C(O)=C2O)cc1F. The van der Waals surface area contributed by atoms with Crippen molar-refractivity contribution in [2.75, 3.05) is 0 Å². The summed E-state index contributed by atoms with van der Waals surface area (Å²) in [5.41, 5.74) is 2.11. The lowest BCUT2D eigenvalue weighted by atomic mass is 9.99. The van der Waals surface area contributed by atoms with E-state index >= 15 is 0 Å². The third-order valence-electron chi connectivity index (χ3n) is 3.53. The normalized spacial score (nSPS) is 17.7. The van der Waals surface area contributed by atoms with Crippen LogP contribution in [0.1, 0.15) is 17.2 Å². The lowest BCUT2D eigenvalue weighted by molar-refractivity contribution is -0.142. The molecule has 0 bridgehead atoms. The number of hydrogen-bond donors (Lipinski definition) is 2. The van der Waals surface area contributed by atoms with Crippen LogP contribution in [0, 0.1) is 12.7 Å². The summed E-state index contributed by atoms with van der Waals surface area (Å²) in [5.74, 6) is -3.04. The largest absolute Gasteiger partial charge is 0.505 e. The molecule has 3 rings (SSSR count). The lowest BCUT2D eigenvalue weighted by Crippen LogP contribution is -2.04. The molecule has 0 aliphatic carbocycles. The number of halogens is 1. The smallest absolute Gasteiger partial charge is 0.378 e. The molecule has 2 aromatic rings. The number of carbonyl (C=O) groups is 1. The van der Waals surface area contributed by atoms with Crippen LogP contribution in [0.5, 0.6) is 0 Å². The number of cyclic esters (lactones) is 1. The quantitative estimate of drug-likeness (QED) is 0.833. The Morgan fingerprint density at radius 3 is 2.59 bits per heavy atom. The number of ether oxygens (including phenoxy) is 1. The highest BCUT2D eigenvalue weighted by Crippen LogP contribution is 2.35. The van der Waals surface area contributed by atoms with Gasteiger partial charge in [-0.1, -0.05) is 12.1 Å². The van der Waals surface area contributed by atoms with E-state index in [2.05, 4.69) is 4.98 Å². The fourth-order valence-corrected chi connectivity index (χ4v) is 2.33. The predicted molar refractivity (Wildman–Crippen MR) is 75.5 cm³/mol. The number of aryl methyl sites for hydroxylation is 1. The zero-order valence-electron chi connectivity index (χ0n) is 11.6. The number of hydrogen-bond acceptors (Lipinski definition) is 5. The minimum atomic E-state index is -1.19.